The molecule has 18 heavy (non-hydrogen) atoms. The van der Waals surface area contributed by atoms with E-state index >= 15 is 0 Å². The molecule has 3 nitrogen and oxygen atoms in total. The first-order chi connectivity index (χ1) is 8.53. The fourth-order valence-electron chi connectivity index (χ4n) is 4.06. The van der Waals surface area contributed by atoms with Crippen LogP contribution in [0.15, 0.2) is 0 Å². The van der Waals surface area contributed by atoms with Gasteiger partial charge in [0.15, 0.2) is 0 Å². The van der Waals surface area contributed by atoms with Crippen LogP contribution in [0, 0.1) is 17.3 Å². The number of nitrogens with two attached hydrogens (primary N) is 1. The zero-order chi connectivity index (χ0) is 13.2. The van der Waals surface area contributed by atoms with Crippen LogP contribution in [-0.2, 0) is 0 Å². The molecule has 2 fully saturated rings. The highest BCUT2D eigenvalue weighted by atomic mass is 16.3. The summed E-state index contributed by atoms with van der Waals surface area (Å²) in [4.78, 5) is 0. The Morgan fingerprint density at radius 3 is 2.39 bits per heavy atom. The van der Waals surface area contributed by atoms with Gasteiger partial charge in [-0.25, -0.2) is 0 Å². The lowest BCUT2D eigenvalue weighted by atomic mass is 9.58. The minimum atomic E-state index is -0.568. The zero-order valence-electron chi connectivity index (χ0n) is 12.0. The van der Waals surface area contributed by atoms with E-state index in [0.29, 0.717) is 6.54 Å². The molecule has 4 N–H and O–H groups in total. The summed E-state index contributed by atoms with van der Waals surface area (Å²) in [7, 11) is 0. The molecule has 0 bridgehead atoms. The van der Waals surface area contributed by atoms with Crippen LogP contribution >= 0.6 is 0 Å². The van der Waals surface area contributed by atoms with Gasteiger partial charge in [0.1, 0.15) is 0 Å². The maximum atomic E-state index is 11.0. The van der Waals surface area contributed by atoms with Gasteiger partial charge >= 0.3 is 0 Å². The van der Waals surface area contributed by atoms with Crippen LogP contribution in [0.2, 0.25) is 0 Å². The number of β-amino-alcohol motifs (C(OH)–C–C–N with tert-alkyl or cyclic N) is 1. The van der Waals surface area contributed by atoms with Gasteiger partial charge in [0, 0.05) is 18.5 Å². The second-order valence-electron chi connectivity index (χ2n) is 6.88. The standard InChI is InChI=1S/C15H30N2O/c1-12(2)13-4-7-14(10-16,8-5-13)15(18)6-3-9-17-11-15/h12-13,17-18H,3-11,16H2,1-2H3. The summed E-state index contributed by atoms with van der Waals surface area (Å²) in [5, 5.41) is 14.4. The number of nitrogens with one attached hydrogen (secondary N) is 1. The first-order valence-corrected chi connectivity index (χ1v) is 7.66. The first kappa shape index (κ1) is 14.3. The summed E-state index contributed by atoms with van der Waals surface area (Å²) >= 11 is 0. The minimum absolute atomic E-state index is 0.0359. The average Bonchev–Trinajstić information content (AvgIpc) is 2.39. The van der Waals surface area contributed by atoms with Crippen molar-refractivity contribution in [3.8, 4) is 0 Å². The molecule has 1 heterocycles. The zero-order valence-corrected chi connectivity index (χ0v) is 12.0. The lowest BCUT2D eigenvalue weighted by molar-refractivity contribution is -0.119. The van der Waals surface area contributed by atoms with Crippen molar-refractivity contribution in [1.82, 2.24) is 5.32 Å². The first-order valence-electron chi connectivity index (χ1n) is 7.66. The quantitative estimate of drug-likeness (QED) is 0.721. The third-order valence-corrected chi connectivity index (χ3v) is 5.67. The highest BCUT2D eigenvalue weighted by Gasteiger charge is 2.51. The van der Waals surface area contributed by atoms with Gasteiger partial charge in [0.2, 0.25) is 0 Å². The van der Waals surface area contributed by atoms with Crippen molar-refractivity contribution in [2.45, 2.75) is 58.0 Å². The van der Waals surface area contributed by atoms with Gasteiger partial charge in [-0.1, -0.05) is 13.8 Å². The van der Waals surface area contributed by atoms with Gasteiger partial charge in [-0.2, -0.15) is 0 Å². The molecule has 1 aliphatic carbocycles. The van der Waals surface area contributed by atoms with Gasteiger partial charge in [0.05, 0.1) is 5.60 Å². The van der Waals surface area contributed by atoms with Gasteiger partial charge < -0.3 is 16.2 Å². The van der Waals surface area contributed by atoms with Crippen LogP contribution < -0.4 is 11.1 Å². The van der Waals surface area contributed by atoms with Gasteiger partial charge in [0.25, 0.3) is 0 Å². The van der Waals surface area contributed by atoms with E-state index in [1.165, 1.54) is 12.8 Å². The number of hydrogen-bond donors (Lipinski definition) is 3. The van der Waals surface area contributed by atoms with Crippen molar-refractivity contribution in [2.24, 2.45) is 23.0 Å². The third kappa shape index (κ3) is 2.45. The maximum absolute atomic E-state index is 11.0. The maximum Gasteiger partial charge on any atom is 0.0839 e. The predicted molar refractivity (Wildman–Crippen MR) is 75.3 cm³/mol. The molecule has 0 amide bonds. The van der Waals surface area contributed by atoms with Crippen molar-refractivity contribution < 1.29 is 5.11 Å². The van der Waals surface area contributed by atoms with E-state index < -0.39 is 5.60 Å². The lowest BCUT2D eigenvalue weighted by Gasteiger charge is -2.52. The van der Waals surface area contributed by atoms with Gasteiger partial charge in [-0.3, -0.25) is 0 Å². The molecule has 1 aliphatic heterocycles. The molecule has 2 aliphatic rings. The molecular formula is C15H30N2O. The highest BCUT2D eigenvalue weighted by molar-refractivity contribution is 5.04. The average molecular weight is 254 g/mol. The Hall–Kier alpha value is -0.120. The Morgan fingerprint density at radius 2 is 1.94 bits per heavy atom. The Balaban J connectivity index is 2.08. The van der Waals surface area contributed by atoms with Crippen LogP contribution in [-0.4, -0.2) is 30.3 Å². The fourth-order valence-corrected chi connectivity index (χ4v) is 4.06. The summed E-state index contributed by atoms with van der Waals surface area (Å²) in [6.45, 7) is 7.04. The highest BCUT2D eigenvalue weighted by Crippen LogP contribution is 2.49. The van der Waals surface area contributed by atoms with E-state index in [-0.39, 0.29) is 5.41 Å². The summed E-state index contributed by atoms with van der Waals surface area (Å²) in [6, 6.07) is 0. The summed E-state index contributed by atoms with van der Waals surface area (Å²) < 4.78 is 0. The Morgan fingerprint density at radius 1 is 1.28 bits per heavy atom. The fraction of sp³-hybridized carbons (Fsp3) is 1.00. The second-order valence-corrected chi connectivity index (χ2v) is 6.88. The van der Waals surface area contributed by atoms with E-state index in [1.54, 1.807) is 0 Å². The number of rotatable bonds is 3. The molecule has 1 saturated heterocycles. The third-order valence-electron chi connectivity index (χ3n) is 5.67. The van der Waals surface area contributed by atoms with E-state index in [1.807, 2.05) is 0 Å². The molecule has 3 heteroatoms. The van der Waals surface area contributed by atoms with E-state index in [9.17, 15) is 5.11 Å². The molecule has 2 rings (SSSR count). The molecule has 106 valence electrons. The lowest BCUT2D eigenvalue weighted by Crippen LogP contribution is -2.61. The summed E-state index contributed by atoms with van der Waals surface area (Å²) in [6.07, 6.45) is 6.67. The normalized spacial score (nSPS) is 42.2. The van der Waals surface area contributed by atoms with E-state index in [2.05, 4.69) is 19.2 Å². The van der Waals surface area contributed by atoms with Crippen LogP contribution in [0.5, 0.6) is 0 Å². The number of piperidine rings is 1. The molecular weight excluding hydrogens is 224 g/mol. The number of hydrogen-bond acceptors (Lipinski definition) is 3. The smallest absolute Gasteiger partial charge is 0.0839 e. The monoisotopic (exact) mass is 254 g/mol. The van der Waals surface area contributed by atoms with Crippen molar-refractivity contribution in [1.29, 1.82) is 0 Å². The van der Waals surface area contributed by atoms with E-state index in [0.717, 1.165) is 50.6 Å². The Kier molecular flexibility index (Phi) is 4.35. The molecule has 0 aromatic rings. The molecule has 1 unspecified atom stereocenters. The summed E-state index contributed by atoms with van der Waals surface area (Å²) in [5.74, 6) is 1.59. The summed E-state index contributed by atoms with van der Waals surface area (Å²) in [5.41, 5.74) is 5.48. The SMILES string of the molecule is CC(C)C1CCC(CN)(C2(O)CCCNC2)CC1. The Labute approximate surface area is 112 Å². The second kappa shape index (κ2) is 5.48. The predicted octanol–water partition coefficient (Wildman–Crippen LogP) is 1.89. The van der Waals surface area contributed by atoms with Gasteiger partial charge in [-0.15, -0.1) is 0 Å². The van der Waals surface area contributed by atoms with Crippen molar-refractivity contribution in [2.75, 3.05) is 19.6 Å². The largest absolute Gasteiger partial charge is 0.388 e. The van der Waals surface area contributed by atoms with Crippen LogP contribution in [0.3, 0.4) is 0 Å². The van der Waals surface area contributed by atoms with Crippen molar-refractivity contribution in [3.63, 3.8) is 0 Å². The van der Waals surface area contributed by atoms with Crippen molar-refractivity contribution >= 4 is 0 Å². The molecule has 0 aromatic carbocycles. The molecule has 0 radical (unpaired) electrons. The van der Waals surface area contributed by atoms with Gasteiger partial charge in [-0.05, 0) is 56.9 Å². The Bertz CT molecular complexity index is 264. The van der Waals surface area contributed by atoms with Crippen LogP contribution in [0.1, 0.15) is 52.4 Å². The molecule has 1 saturated carbocycles. The molecule has 0 spiro atoms. The van der Waals surface area contributed by atoms with E-state index in [4.69, 9.17) is 5.73 Å². The minimum Gasteiger partial charge on any atom is -0.388 e. The van der Waals surface area contributed by atoms with Crippen molar-refractivity contribution in [3.05, 3.63) is 0 Å². The number of aliphatic hydroxyl groups is 1. The van der Waals surface area contributed by atoms with Crippen LogP contribution in [0.4, 0.5) is 0 Å². The topological polar surface area (TPSA) is 58.3 Å². The van der Waals surface area contributed by atoms with Crippen LogP contribution in [0.25, 0.3) is 0 Å². The molecule has 1 atom stereocenters. The molecule has 0 aromatic heterocycles.